The molecule has 0 saturated carbocycles. The molecule has 11 N–H and O–H groups in total. The number of benzene rings is 4. The molecule has 0 amide bonds. The lowest BCUT2D eigenvalue weighted by Gasteiger charge is -2.27. The highest BCUT2D eigenvalue weighted by atomic mass is 35.5. The van der Waals surface area contributed by atoms with Gasteiger partial charge in [0.25, 0.3) is 0 Å². The Morgan fingerprint density at radius 2 is 0.695 bits per heavy atom. The monoisotopic (exact) mass is 1570 g/mol. The summed E-state index contributed by atoms with van der Waals surface area (Å²) in [6.07, 6.45) is 13.4. The molecule has 0 unspecified atom stereocenters. The van der Waals surface area contributed by atoms with E-state index < -0.39 is 0 Å². The number of hydrogen-bond acceptors (Lipinski definition) is 19. The molecule has 0 bridgehead atoms. The summed E-state index contributed by atoms with van der Waals surface area (Å²) in [6, 6.07) is 29.0. The smallest absolute Gasteiger partial charge is 0.226 e. The van der Waals surface area contributed by atoms with Crippen LogP contribution in [0.5, 0.6) is 0 Å². The number of ketones is 3. The second-order valence-electron chi connectivity index (χ2n) is 25.9. The Kier molecular flexibility index (Phi) is 25.5. The zero-order chi connectivity index (χ0) is 74.2. The number of carbonyl (C=O) groups is 3. The van der Waals surface area contributed by atoms with Crippen LogP contribution < -0.4 is 34.0 Å². The van der Waals surface area contributed by atoms with Gasteiger partial charge in [-0.3, -0.25) is 32.0 Å². The minimum absolute atomic E-state index is 0.0228. The van der Waals surface area contributed by atoms with E-state index in [9.17, 15) is 14.4 Å². The average Bonchev–Trinajstić information content (AvgIpc) is 1.76. The topological polar surface area (TPSA) is 327 Å². The van der Waals surface area contributed by atoms with Crippen molar-refractivity contribution in [3.8, 4) is 44.5 Å². The molecule has 0 aliphatic carbocycles. The van der Waals surface area contributed by atoms with Crippen molar-refractivity contribution in [1.29, 1.82) is 0 Å². The van der Waals surface area contributed by atoms with Crippen LogP contribution in [-0.2, 0) is 64.6 Å². The molecule has 3 saturated heterocycles. The lowest BCUT2D eigenvalue weighted by atomic mass is 9.91. The first-order chi connectivity index (χ1) is 50.7. The SMILES string of the molecule is CN1CCC(C(=O)Cc2nnc3cc(CN)c(-c4ccc(Cl)cc4Cl)cn23)CC1.NCc1cc2nnc(CC(=O)C3CCNCC3)n2cc1-c1ccc(Cl)cc1Cl.NCc1cc2nnc(CC(=O)C3CCOCC3)n2cc1-c1ccc(Cl)cc1Cl.NCc1cc2nnc(N)n2cc1-c1ccc(Cl)cc1Cl. The maximum atomic E-state index is 12.8. The van der Waals surface area contributed by atoms with E-state index in [-0.39, 0.29) is 54.4 Å². The van der Waals surface area contributed by atoms with Gasteiger partial charge in [0.15, 0.2) is 22.6 Å². The van der Waals surface area contributed by atoms with Crippen LogP contribution >= 0.6 is 92.8 Å². The molecule has 12 aromatic rings. The van der Waals surface area contributed by atoms with Crippen LogP contribution in [0.2, 0.25) is 40.2 Å². The lowest BCUT2D eigenvalue weighted by molar-refractivity contribution is -0.125. The molecule has 4 aromatic carbocycles. The third kappa shape index (κ3) is 17.9. The summed E-state index contributed by atoms with van der Waals surface area (Å²) in [5, 5.41) is 41.1. The van der Waals surface area contributed by atoms with Gasteiger partial charge in [0.2, 0.25) is 5.95 Å². The minimum Gasteiger partial charge on any atom is -0.381 e. The van der Waals surface area contributed by atoms with E-state index in [1.807, 2.05) is 86.5 Å². The van der Waals surface area contributed by atoms with Crippen molar-refractivity contribution >= 4 is 139 Å². The number of fused-ring (bicyclic) bond motifs is 4. The third-order valence-corrected chi connectivity index (χ3v) is 21.4. The number of nitrogens with zero attached hydrogens (tertiary/aromatic N) is 13. The summed E-state index contributed by atoms with van der Waals surface area (Å²) in [4.78, 5) is 40.5. The molecule has 11 heterocycles. The van der Waals surface area contributed by atoms with Gasteiger partial charge in [-0.1, -0.05) is 117 Å². The van der Waals surface area contributed by atoms with Crippen LogP contribution in [0.15, 0.2) is 122 Å². The Labute approximate surface area is 644 Å². The summed E-state index contributed by atoms with van der Waals surface area (Å²) < 4.78 is 12.6. The van der Waals surface area contributed by atoms with E-state index in [1.165, 1.54) is 0 Å². The quantitative estimate of drug-likeness (QED) is 0.0493. The minimum atomic E-state index is 0.0228. The zero-order valence-electron chi connectivity index (χ0n) is 57.1. The standard InChI is InChI=1S/C21H23Cl2N5O.C20H21Cl2N5O.C20H20Cl2N4O2.C13H11Cl2N5/c1-27-6-4-13(5-7-27)19(29)10-21-26-25-20-8-14(11-24)17(12-28(20)21)16-3-2-15(22)9-18(16)23;21-14-1-2-15(17(22)8-14)16-11-27-19(7-13(16)10-23)25-26-20(27)9-18(28)12-3-5-24-6-4-12;21-14-1-2-15(17(22)8-14)16-11-26-19(7-13(16)10-23)24-25-20(26)9-18(27)12-3-5-28-6-4-12;14-8-1-2-9(11(15)4-8)10-6-20-12(3-7(10)5-16)18-19-13(20)17/h2-3,8-9,12-13H,4-7,10-11,24H2,1H3;1-2,7-8,11-12,24H,3-6,9-10,23H2;1-2,7-8,11-12H,3-6,9-10,23H2;1-4,6H,5,16H2,(H2,17,19). The second-order valence-corrected chi connectivity index (χ2v) is 29.3. The summed E-state index contributed by atoms with van der Waals surface area (Å²) in [5.74, 6) is 3.00. The van der Waals surface area contributed by atoms with Crippen LogP contribution in [0.25, 0.3) is 67.1 Å². The largest absolute Gasteiger partial charge is 0.381 e. The highest BCUT2D eigenvalue weighted by Gasteiger charge is 2.28. The molecule has 31 heteroatoms. The number of carbonyl (C=O) groups excluding carboxylic acids is 3. The zero-order valence-corrected chi connectivity index (χ0v) is 63.1. The van der Waals surface area contributed by atoms with Gasteiger partial charge < -0.3 is 43.6 Å². The third-order valence-electron chi connectivity index (χ3n) is 19.2. The van der Waals surface area contributed by atoms with Crippen LogP contribution in [0, 0.1) is 17.8 Å². The Balaban J connectivity index is 0.000000133. The van der Waals surface area contributed by atoms with Crippen molar-refractivity contribution in [1.82, 2.24) is 68.6 Å². The van der Waals surface area contributed by atoms with E-state index in [0.29, 0.717) is 126 Å². The lowest BCUT2D eigenvalue weighted by Crippen LogP contribution is -2.34. The van der Waals surface area contributed by atoms with Crippen molar-refractivity contribution in [2.45, 2.75) is 84.0 Å². The van der Waals surface area contributed by atoms with Crippen molar-refractivity contribution in [3.63, 3.8) is 0 Å². The number of nitrogen functional groups attached to an aromatic ring is 1. The highest BCUT2D eigenvalue weighted by molar-refractivity contribution is 6.38. The van der Waals surface area contributed by atoms with E-state index in [2.05, 4.69) is 58.1 Å². The number of likely N-dealkylation sites (tertiary alicyclic amines) is 1. The van der Waals surface area contributed by atoms with Crippen molar-refractivity contribution in [2.75, 3.05) is 52.2 Å². The number of ether oxygens (including phenoxy) is 1. The maximum absolute atomic E-state index is 12.8. The first-order valence-corrected chi connectivity index (χ1v) is 37.1. The molecule has 0 radical (unpaired) electrons. The predicted molar refractivity (Wildman–Crippen MR) is 415 cm³/mol. The Morgan fingerprint density at radius 1 is 0.400 bits per heavy atom. The first-order valence-electron chi connectivity index (χ1n) is 34.1. The van der Waals surface area contributed by atoms with Crippen molar-refractivity contribution in [3.05, 3.63) is 202 Å². The number of piperidine rings is 2. The summed E-state index contributed by atoms with van der Waals surface area (Å²) in [6.45, 7) is 6.30. The number of hydrogen-bond donors (Lipinski definition) is 6. The molecule has 23 nitrogen and oxygen atoms in total. The van der Waals surface area contributed by atoms with Gasteiger partial charge in [0.05, 0.1) is 19.3 Å². The van der Waals surface area contributed by atoms with Gasteiger partial charge >= 0.3 is 0 Å². The second kappa shape index (κ2) is 34.8. The molecular weight excluding hydrogens is 1500 g/mol. The van der Waals surface area contributed by atoms with Gasteiger partial charge in [0, 0.05) is 167 Å². The molecule has 8 aromatic heterocycles. The molecule has 546 valence electrons. The first kappa shape index (κ1) is 76.8. The predicted octanol–water partition coefficient (Wildman–Crippen LogP) is 13.3. The van der Waals surface area contributed by atoms with E-state index in [4.69, 9.17) is 126 Å². The summed E-state index contributed by atoms with van der Waals surface area (Å²) in [7, 11) is 2.09. The molecule has 105 heavy (non-hydrogen) atoms. The van der Waals surface area contributed by atoms with E-state index >= 15 is 0 Å². The fourth-order valence-corrected chi connectivity index (χ4v) is 15.3. The highest BCUT2D eigenvalue weighted by Crippen LogP contribution is 2.38. The van der Waals surface area contributed by atoms with Gasteiger partial charge in [-0.15, -0.1) is 40.8 Å². The molecule has 3 aliphatic heterocycles. The van der Waals surface area contributed by atoms with E-state index in [1.54, 1.807) is 52.9 Å². The average molecular weight is 1580 g/mol. The fraction of sp³-hybridized carbons (Fsp3) is 0.311. The fourth-order valence-electron chi connectivity index (χ4n) is 13.3. The van der Waals surface area contributed by atoms with Crippen LogP contribution in [0.3, 0.4) is 0 Å². The van der Waals surface area contributed by atoms with Gasteiger partial charge in [-0.25, -0.2) is 0 Å². The Bertz CT molecular complexity index is 5010. The number of Topliss-reactive ketones (excluding diaryl/α,β-unsaturated/α-hetero) is 3. The molecule has 0 atom stereocenters. The number of aromatic nitrogens is 12. The number of rotatable bonds is 17. The summed E-state index contributed by atoms with van der Waals surface area (Å²) in [5.41, 5.74) is 42.6. The number of nitrogens with one attached hydrogen (secondary N) is 1. The molecule has 0 spiro atoms. The van der Waals surface area contributed by atoms with Gasteiger partial charge in [0.1, 0.15) is 34.8 Å². The van der Waals surface area contributed by atoms with Crippen LogP contribution in [-0.4, -0.2) is 127 Å². The maximum Gasteiger partial charge on any atom is 0.226 e. The number of anilines is 1. The van der Waals surface area contributed by atoms with Crippen molar-refractivity contribution in [2.24, 2.45) is 40.7 Å². The van der Waals surface area contributed by atoms with Crippen LogP contribution in [0.1, 0.15) is 78.3 Å². The molecule has 15 rings (SSSR count). The number of nitrogens with two attached hydrogens (primary N) is 5. The van der Waals surface area contributed by atoms with E-state index in [0.717, 1.165) is 131 Å². The van der Waals surface area contributed by atoms with Gasteiger partial charge in [-0.05, 0) is 167 Å². The Hall–Kier alpha value is -7.79. The van der Waals surface area contributed by atoms with Gasteiger partial charge in [-0.2, -0.15) is 0 Å². The summed E-state index contributed by atoms with van der Waals surface area (Å²) >= 11 is 49.6. The molecular formula is C74H75Cl8N19O4. The number of pyridine rings is 4. The normalized spacial score (nSPS) is 14.6. The van der Waals surface area contributed by atoms with Crippen LogP contribution in [0.4, 0.5) is 5.95 Å². The molecule has 3 aliphatic rings. The number of halogens is 8. The molecule has 3 fully saturated rings. The van der Waals surface area contributed by atoms with Crippen molar-refractivity contribution < 1.29 is 19.1 Å². The Morgan fingerprint density at radius 3 is 1.02 bits per heavy atom.